The molecular formula is C42H47N4Na3O16S4. The van der Waals surface area contributed by atoms with E-state index in [1.165, 1.54) is 24.3 Å². The van der Waals surface area contributed by atoms with Crippen molar-refractivity contribution >= 4 is 75.3 Å². The maximum absolute atomic E-state index is 12.4. The van der Waals surface area contributed by atoms with E-state index in [0.717, 1.165) is 29.2 Å². The van der Waals surface area contributed by atoms with Crippen LogP contribution in [0.4, 0.5) is 11.4 Å². The molecule has 20 nitrogen and oxygen atoms in total. The zero-order valence-corrected chi connectivity index (χ0v) is 48.4. The van der Waals surface area contributed by atoms with Gasteiger partial charge in [-0.15, -0.1) is 0 Å². The molecule has 358 valence electrons. The Balaban J connectivity index is 0.00000544. The molecule has 3 aliphatic rings. The molecule has 3 heterocycles. The van der Waals surface area contributed by atoms with E-state index in [0.29, 0.717) is 39.5 Å². The largest absolute Gasteiger partial charge is 1.00 e. The molecule has 69 heavy (non-hydrogen) atoms. The second-order valence-corrected chi connectivity index (χ2v) is 22.2. The van der Waals surface area contributed by atoms with E-state index < -0.39 is 90.3 Å². The molecule has 0 atom stereocenters. The molecule has 5 rings (SSSR count). The minimum Gasteiger partial charge on any atom is -0.748 e. The smallest absolute Gasteiger partial charge is 0.748 e. The Morgan fingerprint density at radius 2 is 1.29 bits per heavy atom. The van der Waals surface area contributed by atoms with Gasteiger partial charge in [-0.3, -0.25) is 19.3 Å². The van der Waals surface area contributed by atoms with Gasteiger partial charge in [0.1, 0.15) is 30.4 Å². The van der Waals surface area contributed by atoms with E-state index in [1.54, 1.807) is 73.6 Å². The fourth-order valence-electron chi connectivity index (χ4n) is 7.76. The molecule has 0 unspecified atom stereocenters. The van der Waals surface area contributed by atoms with Crippen LogP contribution in [0.25, 0.3) is 0 Å². The van der Waals surface area contributed by atoms with Gasteiger partial charge in [0.15, 0.2) is 12.3 Å². The van der Waals surface area contributed by atoms with Gasteiger partial charge in [0, 0.05) is 72.7 Å². The van der Waals surface area contributed by atoms with E-state index in [-0.39, 0.29) is 141 Å². The average molecular weight is 1060 g/mol. The number of nitrogens with zero attached hydrogens (tertiary/aromatic N) is 3. The molecule has 2 aromatic carbocycles. The van der Waals surface area contributed by atoms with Crippen LogP contribution in [-0.4, -0.2) is 136 Å². The number of rotatable bonds is 21. The van der Waals surface area contributed by atoms with Crippen LogP contribution in [-0.2, 0) is 70.4 Å². The summed E-state index contributed by atoms with van der Waals surface area (Å²) < 4.78 is 149. The molecule has 3 amide bonds. The van der Waals surface area contributed by atoms with Crippen LogP contribution >= 0.6 is 0 Å². The maximum Gasteiger partial charge on any atom is 1.00 e. The van der Waals surface area contributed by atoms with Gasteiger partial charge in [-0.1, -0.05) is 38.2 Å². The van der Waals surface area contributed by atoms with Gasteiger partial charge in [0.2, 0.25) is 11.6 Å². The van der Waals surface area contributed by atoms with Crippen molar-refractivity contribution in [3.63, 3.8) is 0 Å². The zero-order valence-electron chi connectivity index (χ0n) is 39.2. The number of ether oxygens (including phenoxy) is 1. The molecule has 3 aliphatic heterocycles. The van der Waals surface area contributed by atoms with Crippen molar-refractivity contribution in [2.75, 3.05) is 55.8 Å². The normalized spacial score (nSPS) is 17.3. The number of imide groups is 1. The van der Waals surface area contributed by atoms with Crippen molar-refractivity contribution in [2.45, 2.75) is 61.2 Å². The molecule has 0 aromatic heterocycles. The van der Waals surface area contributed by atoms with Crippen molar-refractivity contribution in [3.8, 4) is 0 Å². The molecule has 27 heteroatoms. The van der Waals surface area contributed by atoms with Crippen LogP contribution in [0.1, 0.15) is 51.7 Å². The summed E-state index contributed by atoms with van der Waals surface area (Å²) in [4.78, 5) is 37.5. The fourth-order valence-corrected chi connectivity index (χ4v) is 9.57. The summed E-state index contributed by atoms with van der Waals surface area (Å²) in [5.74, 6) is -2.94. The van der Waals surface area contributed by atoms with Gasteiger partial charge in [0.25, 0.3) is 11.8 Å². The number of anilines is 1. The van der Waals surface area contributed by atoms with Crippen LogP contribution in [0.5, 0.6) is 0 Å². The average Bonchev–Trinajstić information content (AvgIpc) is 3.72. The van der Waals surface area contributed by atoms with Crippen LogP contribution in [0.15, 0.2) is 106 Å². The van der Waals surface area contributed by atoms with Gasteiger partial charge in [-0.05, 0) is 67.8 Å². The van der Waals surface area contributed by atoms with E-state index >= 15 is 0 Å². The summed E-state index contributed by atoms with van der Waals surface area (Å²) in [5, 5.41) is 2.62. The summed E-state index contributed by atoms with van der Waals surface area (Å²) in [7, 11) is -19.1. The number of amides is 3. The first-order chi connectivity index (χ1) is 30.5. The van der Waals surface area contributed by atoms with Crippen LogP contribution in [0.3, 0.4) is 0 Å². The molecule has 0 radical (unpaired) electrons. The molecule has 1 N–H and O–H groups in total. The van der Waals surface area contributed by atoms with Gasteiger partial charge >= 0.3 is 88.7 Å². The van der Waals surface area contributed by atoms with Gasteiger partial charge in [-0.2, -0.15) is 4.58 Å². The van der Waals surface area contributed by atoms with E-state index in [2.05, 4.69) is 5.32 Å². The van der Waals surface area contributed by atoms with Gasteiger partial charge < -0.3 is 33.2 Å². The summed E-state index contributed by atoms with van der Waals surface area (Å²) in [6, 6.07) is 7.32. The number of carbonyl (C=O) groups is 3. The number of nitrogens with one attached hydrogen (secondary N) is 1. The molecule has 2 aromatic rings. The zero-order chi connectivity index (χ0) is 49.0. The first-order valence-electron chi connectivity index (χ1n) is 20.2. The van der Waals surface area contributed by atoms with Crippen molar-refractivity contribution in [1.29, 1.82) is 0 Å². The van der Waals surface area contributed by atoms with Crippen LogP contribution in [0.2, 0.25) is 0 Å². The number of allylic oxidation sites excluding steroid dienone is 7. The third-order valence-corrected chi connectivity index (χ3v) is 14.2. The summed E-state index contributed by atoms with van der Waals surface area (Å²) in [5.41, 5.74) is 1.02. The molecule has 0 saturated carbocycles. The van der Waals surface area contributed by atoms with Crippen molar-refractivity contribution < 1.29 is 164 Å². The third-order valence-electron chi connectivity index (χ3n) is 11.1. The topological polar surface area (TPSA) is 311 Å². The summed E-state index contributed by atoms with van der Waals surface area (Å²) >= 11 is 0. The quantitative estimate of drug-likeness (QED) is 0.0303. The van der Waals surface area contributed by atoms with Crippen molar-refractivity contribution in [3.05, 3.63) is 107 Å². The maximum atomic E-state index is 12.4. The predicted octanol–water partition coefficient (Wildman–Crippen LogP) is -7.47. The Morgan fingerprint density at radius 1 is 0.725 bits per heavy atom. The molecule has 0 spiro atoms. The van der Waals surface area contributed by atoms with Crippen molar-refractivity contribution in [1.82, 2.24) is 10.2 Å². The van der Waals surface area contributed by atoms with E-state index in [4.69, 9.17) is 4.74 Å². The van der Waals surface area contributed by atoms with E-state index in [1.807, 2.05) is 0 Å². The first kappa shape index (κ1) is 62.9. The van der Waals surface area contributed by atoms with Crippen molar-refractivity contribution in [2.24, 2.45) is 0 Å². The number of carbonyl (C=O) groups excluding carboxylic acids is 3. The Hall–Kier alpha value is -2.18. The molecule has 0 saturated heterocycles. The Morgan fingerprint density at radius 3 is 1.87 bits per heavy atom. The minimum absolute atomic E-state index is 0. The SMILES string of the molecule is CC1(C)C(=CC=CC(=CC=CC2=[N+](CCS(=O)(=O)[O-])c3ccc(S(=O)(=O)[O-])cc3C2(C)C)CCOCCC(=O)NCCN2C(=O)C=CC2=O)N(CCS(=O)(=O)[O-])c2ccc(S(=O)(=O)[O-])cc21.[Na+].[Na+].[Na+]. The molecule has 0 bridgehead atoms. The second-order valence-electron chi connectivity index (χ2n) is 16.4. The van der Waals surface area contributed by atoms with E-state index in [9.17, 15) is 66.3 Å². The Labute approximate surface area is 468 Å². The van der Waals surface area contributed by atoms with Crippen LogP contribution in [0, 0.1) is 0 Å². The van der Waals surface area contributed by atoms with Gasteiger partial charge in [-0.25, -0.2) is 33.7 Å². The number of fused-ring (bicyclic) bond motifs is 2. The summed E-state index contributed by atoms with van der Waals surface area (Å²) in [6.45, 7) is 6.38. The first-order valence-corrected chi connectivity index (χ1v) is 26.1. The molecular weight excluding hydrogens is 1010 g/mol. The Bertz CT molecular complexity index is 2950. The summed E-state index contributed by atoms with van der Waals surface area (Å²) in [6.07, 6.45) is 12.3. The standard InChI is InChI=1S/C42H50N4O16S4.3Na/c1-41(2)32-27-30(65(56,57)58)11-13-34(32)44(21-25-63(50,51)52)36(41)9-5-7-29(17-23-62-24-18-38(47)43-19-20-46-39(48)15-16-40(46)49)8-6-10-37-42(3,4)33-28-31(66(59,60)61)12-14-35(33)45(37)22-26-64(53,54)55;;;/h5-16,27-28H,17-26H2,1-4H3,(H4-,43,47,50,51,52,53,54,55,56,57,58,59,60,61);;;/q;3*+1/p-3. The minimum atomic E-state index is -4.87. The second kappa shape index (κ2) is 25.2. The molecule has 0 aliphatic carbocycles. The monoisotopic (exact) mass is 1060 g/mol. The number of hydrogen-bond donors (Lipinski definition) is 1. The number of benzene rings is 2. The van der Waals surface area contributed by atoms with Gasteiger partial charge in [0.05, 0.1) is 50.0 Å². The van der Waals surface area contributed by atoms with Crippen LogP contribution < -0.4 is 98.9 Å². The Kier molecular flexibility index (Phi) is 23.0. The fraction of sp³-hybridized carbons (Fsp3) is 0.381. The predicted molar refractivity (Wildman–Crippen MR) is 234 cm³/mol. The third kappa shape index (κ3) is 16.7. The molecule has 0 fully saturated rings. The number of hydrogen-bond acceptors (Lipinski definition) is 17.